The Morgan fingerprint density at radius 3 is 2.53 bits per heavy atom. The molecule has 1 aliphatic heterocycles. The third-order valence-electron chi connectivity index (χ3n) is 6.02. The van der Waals surface area contributed by atoms with Crippen LogP contribution in [0.25, 0.3) is 16.0 Å². The Hall–Kier alpha value is -4.24. The summed E-state index contributed by atoms with van der Waals surface area (Å²) in [7, 11) is 0. The van der Waals surface area contributed by atoms with Gasteiger partial charge in [0.1, 0.15) is 17.3 Å². The summed E-state index contributed by atoms with van der Waals surface area (Å²) in [6.07, 6.45) is 3.19. The number of fused-ring (bicyclic) bond motifs is 1. The van der Waals surface area contributed by atoms with Crippen molar-refractivity contribution in [2.75, 3.05) is 18.1 Å². The fourth-order valence-electron chi connectivity index (χ4n) is 4.26. The second kappa shape index (κ2) is 10.6. The van der Waals surface area contributed by atoms with E-state index in [1.54, 1.807) is 48.8 Å². The molecule has 2 aromatic carbocycles. The number of aliphatic hydroxyl groups excluding tert-OH is 1. The number of aliphatic hydroxyl groups is 1. The molecule has 194 valence electrons. The Bertz CT molecular complexity index is 1510. The third-order valence-corrected chi connectivity index (χ3v) is 7.04. The highest BCUT2D eigenvalue weighted by Gasteiger charge is 2.48. The van der Waals surface area contributed by atoms with Crippen molar-refractivity contribution in [3.8, 4) is 11.5 Å². The highest BCUT2D eigenvalue weighted by molar-refractivity contribution is 7.22. The van der Waals surface area contributed by atoms with Crippen molar-refractivity contribution >= 4 is 44.1 Å². The summed E-state index contributed by atoms with van der Waals surface area (Å²) in [6, 6.07) is 14.9. The van der Waals surface area contributed by atoms with Crippen LogP contribution in [0.15, 0.2) is 72.6 Å². The SMILES string of the molecule is CCOc1ccc2nc(N3C(=O)C(=O)/C(=C(/O)c4ccc(OCC(C)C)cc4)C3c3cccnc3)sc2c1. The van der Waals surface area contributed by atoms with E-state index < -0.39 is 17.7 Å². The Morgan fingerprint density at radius 2 is 1.84 bits per heavy atom. The number of carbonyl (C=O) groups is 2. The van der Waals surface area contributed by atoms with Crippen LogP contribution in [-0.2, 0) is 9.59 Å². The predicted molar refractivity (Wildman–Crippen MR) is 147 cm³/mol. The maximum absolute atomic E-state index is 13.4. The fraction of sp³-hybridized carbons (Fsp3) is 0.241. The fourth-order valence-corrected chi connectivity index (χ4v) is 5.28. The topological polar surface area (TPSA) is 102 Å². The molecule has 0 spiro atoms. The van der Waals surface area contributed by atoms with Crippen LogP contribution >= 0.6 is 11.3 Å². The van der Waals surface area contributed by atoms with Gasteiger partial charge in [0.15, 0.2) is 5.13 Å². The van der Waals surface area contributed by atoms with Gasteiger partial charge in [-0.1, -0.05) is 31.3 Å². The molecular weight excluding hydrogens is 502 g/mol. The number of benzene rings is 2. The van der Waals surface area contributed by atoms with E-state index in [2.05, 4.69) is 23.8 Å². The zero-order valence-corrected chi connectivity index (χ0v) is 22.1. The van der Waals surface area contributed by atoms with Gasteiger partial charge in [0.2, 0.25) is 0 Å². The molecule has 5 rings (SSSR count). The van der Waals surface area contributed by atoms with Gasteiger partial charge in [0.05, 0.1) is 35.0 Å². The second-order valence-corrected chi connectivity index (χ2v) is 10.3. The van der Waals surface area contributed by atoms with Crippen molar-refractivity contribution in [1.29, 1.82) is 0 Å². The lowest BCUT2D eigenvalue weighted by molar-refractivity contribution is -0.132. The summed E-state index contributed by atoms with van der Waals surface area (Å²) in [5.74, 6) is -0.101. The van der Waals surface area contributed by atoms with Crippen molar-refractivity contribution in [3.63, 3.8) is 0 Å². The summed E-state index contributed by atoms with van der Waals surface area (Å²) in [6.45, 7) is 7.10. The predicted octanol–water partition coefficient (Wildman–Crippen LogP) is 5.75. The third kappa shape index (κ3) is 4.84. The van der Waals surface area contributed by atoms with E-state index in [4.69, 9.17) is 9.47 Å². The molecule has 4 aromatic rings. The lowest BCUT2D eigenvalue weighted by Crippen LogP contribution is -2.29. The van der Waals surface area contributed by atoms with Crippen molar-refractivity contribution in [2.45, 2.75) is 26.8 Å². The van der Waals surface area contributed by atoms with Crippen molar-refractivity contribution in [1.82, 2.24) is 9.97 Å². The standard InChI is InChI=1S/C29H27N3O5S/c1-4-36-21-11-12-22-23(14-21)38-29(31-22)32-25(19-6-5-13-30-15-19)24(27(34)28(32)35)26(33)18-7-9-20(10-8-18)37-16-17(2)3/h5-15,17,25,33H,4,16H2,1-3H3/b26-24+. The van der Waals surface area contributed by atoms with Crippen LogP contribution in [0.4, 0.5) is 5.13 Å². The average Bonchev–Trinajstić information content (AvgIpc) is 3.45. The minimum atomic E-state index is -0.896. The number of rotatable bonds is 8. The molecule has 1 fully saturated rings. The first-order valence-electron chi connectivity index (χ1n) is 12.3. The molecule has 1 saturated heterocycles. The molecule has 9 heteroatoms. The van der Waals surface area contributed by atoms with Crippen LogP contribution in [0.1, 0.15) is 37.9 Å². The van der Waals surface area contributed by atoms with Crippen molar-refractivity contribution in [3.05, 3.63) is 83.7 Å². The number of pyridine rings is 1. The Kier molecular flexibility index (Phi) is 7.11. The molecule has 1 unspecified atom stereocenters. The van der Waals surface area contributed by atoms with E-state index in [1.165, 1.54) is 16.2 Å². The molecule has 8 nitrogen and oxygen atoms in total. The molecule has 0 aliphatic carbocycles. The minimum absolute atomic E-state index is 0.0203. The van der Waals surface area contributed by atoms with E-state index in [0.29, 0.717) is 52.4 Å². The normalized spacial score (nSPS) is 16.9. The Balaban J connectivity index is 1.59. The smallest absolute Gasteiger partial charge is 0.301 e. The van der Waals surface area contributed by atoms with Gasteiger partial charge in [-0.05, 0) is 66.9 Å². The number of anilines is 1. The number of carbonyl (C=O) groups excluding carboxylic acids is 2. The lowest BCUT2D eigenvalue weighted by atomic mass is 9.96. The van der Waals surface area contributed by atoms with Crippen LogP contribution in [-0.4, -0.2) is 40.0 Å². The van der Waals surface area contributed by atoms with Crippen molar-refractivity contribution < 1.29 is 24.2 Å². The number of Topliss-reactive ketones (excluding diaryl/α,β-unsaturated/α-hetero) is 1. The summed E-state index contributed by atoms with van der Waals surface area (Å²) in [5, 5.41) is 11.7. The molecule has 1 atom stereocenters. The van der Waals surface area contributed by atoms with E-state index in [9.17, 15) is 14.7 Å². The zero-order chi connectivity index (χ0) is 26.8. The lowest BCUT2D eigenvalue weighted by Gasteiger charge is -2.22. The van der Waals surface area contributed by atoms with Gasteiger partial charge in [-0.15, -0.1) is 0 Å². The number of amides is 1. The van der Waals surface area contributed by atoms with E-state index >= 15 is 0 Å². The summed E-state index contributed by atoms with van der Waals surface area (Å²) in [5.41, 5.74) is 1.64. The molecular formula is C29H27N3O5S. The van der Waals surface area contributed by atoms with Crippen LogP contribution in [0.2, 0.25) is 0 Å². The molecule has 2 aromatic heterocycles. The van der Waals surface area contributed by atoms with Crippen molar-refractivity contribution in [2.24, 2.45) is 5.92 Å². The van der Waals surface area contributed by atoms with E-state index in [-0.39, 0.29) is 11.3 Å². The van der Waals surface area contributed by atoms with E-state index in [0.717, 1.165) is 4.70 Å². The number of ketones is 1. The van der Waals surface area contributed by atoms with E-state index in [1.807, 2.05) is 25.1 Å². The number of thiazole rings is 1. The molecule has 38 heavy (non-hydrogen) atoms. The van der Waals surface area contributed by atoms with Gasteiger partial charge >= 0.3 is 5.91 Å². The number of hydrogen-bond acceptors (Lipinski definition) is 8. The largest absolute Gasteiger partial charge is 0.507 e. The van der Waals surface area contributed by atoms with Gasteiger partial charge in [-0.25, -0.2) is 4.98 Å². The average molecular weight is 530 g/mol. The molecule has 0 saturated carbocycles. The van der Waals surface area contributed by atoms with Crippen LogP contribution in [0, 0.1) is 5.92 Å². The summed E-state index contributed by atoms with van der Waals surface area (Å²) >= 11 is 1.28. The van der Waals surface area contributed by atoms with Crippen LogP contribution in [0.5, 0.6) is 11.5 Å². The zero-order valence-electron chi connectivity index (χ0n) is 21.2. The van der Waals surface area contributed by atoms with Gasteiger partial charge in [-0.2, -0.15) is 0 Å². The van der Waals surface area contributed by atoms with Gasteiger partial charge < -0.3 is 14.6 Å². The summed E-state index contributed by atoms with van der Waals surface area (Å²) < 4.78 is 12.1. The second-order valence-electron chi connectivity index (χ2n) is 9.24. The molecule has 1 aliphatic rings. The van der Waals surface area contributed by atoms with Gasteiger partial charge in [0.25, 0.3) is 5.78 Å². The molecule has 3 heterocycles. The van der Waals surface area contributed by atoms with Gasteiger partial charge in [0, 0.05) is 18.0 Å². The quantitative estimate of drug-likeness (QED) is 0.176. The first-order valence-corrected chi connectivity index (χ1v) is 13.2. The molecule has 1 amide bonds. The molecule has 1 N–H and O–H groups in total. The number of aromatic nitrogens is 2. The number of hydrogen-bond donors (Lipinski definition) is 1. The maximum Gasteiger partial charge on any atom is 0.301 e. The highest BCUT2D eigenvalue weighted by Crippen LogP contribution is 2.44. The number of ether oxygens (including phenoxy) is 2. The van der Waals surface area contributed by atoms with Crippen LogP contribution < -0.4 is 14.4 Å². The maximum atomic E-state index is 13.4. The number of nitrogens with zero attached hydrogens (tertiary/aromatic N) is 3. The molecule has 0 radical (unpaired) electrons. The molecule has 0 bridgehead atoms. The first kappa shape index (κ1) is 25.4. The Morgan fingerprint density at radius 1 is 1.08 bits per heavy atom. The summed E-state index contributed by atoms with van der Waals surface area (Å²) in [4.78, 5) is 37.0. The van der Waals surface area contributed by atoms with Gasteiger partial charge in [-0.3, -0.25) is 19.5 Å². The minimum Gasteiger partial charge on any atom is -0.507 e. The highest BCUT2D eigenvalue weighted by atomic mass is 32.1. The first-order chi connectivity index (χ1) is 18.4. The monoisotopic (exact) mass is 529 g/mol. The Labute approximate surface area is 224 Å². The van der Waals surface area contributed by atoms with Crippen LogP contribution in [0.3, 0.4) is 0 Å².